The second-order valence-electron chi connectivity index (χ2n) is 5.44. The molecule has 1 atom stereocenters. The van der Waals surface area contributed by atoms with Crippen molar-refractivity contribution in [1.82, 2.24) is 9.97 Å². The molecule has 0 aliphatic heterocycles. The molecule has 2 heterocycles. The molecule has 116 valence electrons. The van der Waals surface area contributed by atoms with Crippen LogP contribution in [0.5, 0.6) is 0 Å². The van der Waals surface area contributed by atoms with Crippen LogP contribution >= 0.6 is 11.3 Å². The molecule has 0 spiro atoms. The smallest absolute Gasteiger partial charge is 0.225 e. The minimum absolute atomic E-state index is 0.173. The third kappa shape index (κ3) is 3.63. The van der Waals surface area contributed by atoms with Crippen molar-refractivity contribution >= 4 is 33.3 Å². The van der Waals surface area contributed by atoms with Crippen LogP contribution in [0.15, 0.2) is 6.07 Å². The Bertz CT molecular complexity index is 597. The Labute approximate surface area is 129 Å². The van der Waals surface area contributed by atoms with Crippen LogP contribution in [0.4, 0.5) is 11.8 Å². The van der Waals surface area contributed by atoms with E-state index >= 15 is 0 Å². The lowest BCUT2D eigenvalue weighted by atomic mass is 10.0. The molecule has 5 nitrogen and oxygen atoms in total. The Balaban J connectivity index is 2.42. The number of aliphatic hydroxyl groups excluding tert-OH is 1. The maximum absolute atomic E-state index is 9.24. The van der Waals surface area contributed by atoms with Gasteiger partial charge in [0.1, 0.15) is 10.6 Å². The molecular formula is C15H24N4OS. The molecule has 0 saturated carbocycles. The van der Waals surface area contributed by atoms with E-state index in [4.69, 9.17) is 0 Å². The minimum atomic E-state index is 0.173. The highest BCUT2D eigenvalue weighted by atomic mass is 32.1. The first-order valence-corrected chi connectivity index (χ1v) is 8.26. The maximum atomic E-state index is 9.24. The van der Waals surface area contributed by atoms with Gasteiger partial charge in [-0.3, -0.25) is 0 Å². The maximum Gasteiger partial charge on any atom is 0.225 e. The molecule has 0 aromatic carbocycles. The highest BCUT2D eigenvalue weighted by Gasteiger charge is 2.17. The van der Waals surface area contributed by atoms with Crippen molar-refractivity contribution in [2.24, 2.45) is 5.92 Å². The summed E-state index contributed by atoms with van der Waals surface area (Å²) in [5.74, 6) is 1.90. The fourth-order valence-corrected chi connectivity index (χ4v) is 3.22. The minimum Gasteiger partial charge on any atom is -0.396 e. The van der Waals surface area contributed by atoms with Crippen molar-refractivity contribution in [2.75, 3.05) is 24.3 Å². The van der Waals surface area contributed by atoms with E-state index in [0.29, 0.717) is 18.3 Å². The zero-order chi connectivity index (χ0) is 15.4. The zero-order valence-electron chi connectivity index (χ0n) is 13.1. The van der Waals surface area contributed by atoms with Gasteiger partial charge in [0.25, 0.3) is 0 Å². The zero-order valence-corrected chi connectivity index (χ0v) is 13.9. The van der Waals surface area contributed by atoms with E-state index in [9.17, 15) is 5.11 Å². The second kappa shape index (κ2) is 7.04. The van der Waals surface area contributed by atoms with Crippen LogP contribution < -0.4 is 10.6 Å². The molecule has 0 amide bonds. The van der Waals surface area contributed by atoms with Crippen molar-refractivity contribution in [3.8, 4) is 0 Å². The molecule has 0 aliphatic carbocycles. The number of nitrogens with zero attached hydrogens (tertiary/aromatic N) is 2. The van der Waals surface area contributed by atoms with Gasteiger partial charge < -0.3 is 15.7 Å². The van der Waals surface area contributed by atoms with Crippen LogP contribution in [0, 0.1) is 5.92 Å². The molecule has 2 aromatic rings. The van der Waals surface area contributed by atoms with E-state index < -0.39 is 0 Å². The lowest BCUT2D eigenvalue weighted by Crippen LogP contribution is -2.27. The summed E-state index contributed by atoms with van der Waals surface area (Å²) in [6, 6.07) is 2.36. The highest BCUT2D eigenvalue weighted by Crippen LogP contribution is 2.31. The van der Waals surface area contributed by atoms with Gasteiger partial charge in [0, 0.05) is 24.6 Å². The molecule has 0 radical (unpaired) electrons. The largest absolute Gasteiger partial charge is 0.396 e. The summed E-state index contributed by atoms with van der Waals surface area (Å²) in [4.78, 5) is 11.4. The van der Waals surface area contributed by atoms with E-state index in [1.54, 1.807) is 11.3 Å². The molecule has 0 aliphatic rings. The number of nitrogens with one attached hydrogen (secondary N) is 2. The fraction of sp³-hybridized carbons (Fsp3) is 0.600. The van der Waals surface area contributed by atoms with Gasteiger partial charge in [0.05, 0.1) is 5.39 Å². The van der Waals surface area contributed by atoms with Gasteiger partial charge in [-0.25, -0.2) is 4.98 Å². The number of fused-ring (bicyclic) bond motifs is 1. The standard InChI is InChI=1S/C15H24N4OS/c1-5-10-8-11-13(17-12(6-7-20)9(2)3)18-15(16-4)19-14(11)21-10/h8-9,12,20H,5-7H2,1-4H3,(H2,16,17,18,19). The molecule has 2 aromatic heterocycles. The summed E-state index contributed by atoms with van der Waals surface area (Å²) in [6.45, 7) is 6.62. The van der Waals surface area contributed by atoms with Crippen molar-refractivity contribution in [1.29, 1.82) is 0 Å². The molecule has 0 saturated heterocycles. The average molecular weight is 308 g/mol. The number of hydrogen-bond donors (Lipinski definition) is 3. The summed E-state index contributed by atoms with van der Waals surface area (Å²) >= 11 is 1.71. The van der Waals surface area contributed by atoms with Crippen LogP contribution in [0.25, 0.3) is 10.2 Å². The molecular weight excluding hydrogens is 284 g/mol. The Morgan fingerprint density at radius 1 is 1.33 bits per heavy atom. The van der Waals surface area contributed by atoms with Crippen molar-refractivity contribution in [3.63, 3.8) is 0 Å². The predicted octanol–water partition coefficient (Wildman–Crippen LogP) is 3.11. The van der Waals surface area contributed by atoms with E-state index in [0.717, 1.165) is 22.5 Å². The summed E-state index contributed by atoms with van der Waals surface area (Å²) in [6.07, 6.45) is 1.71. The number of aryl methyl sites for hydroxylation is 1. The topological polar surface area (TPSA) is 70.1 Å². The molecule has 3 N–H and O–H groups in total. The number of hydrogen-bond acceptors (Lipinski definition) is 6. The molecule has 0 bridgehead atoms. The number of thiophene rings is 1. The Morgan fingerprint density at radius 2 is 2.10 bits per heavy atom. The molecule has 2 rings (SSSR count). The van der Waals surface area contributed by atoms with Gasteiger partial charge in [-0.05, 0) is 24.8 Å². The summed E-state index contributed by atoms with van der Waals surface area (Å²) in [7, 11) is 1.83. The first-order chi connectivity index (χ1) is 10.1. The van der Waals surface area contributed by atoms with Crippen LogP contribution in [-0.2, 0) is 6.42 Å². The average Bonchev–Trinajstić information content (AvgIpc) is 2.89. The third-order valence-corrected chi connectivity index (χ3v) is 4.76. The lowest BCUT2D eigenvalue weighted by molar-refractivity contribution is 0.267. The fourth-order valence-electron chi connectivity index (χ4n) is 2.25. The first kappa shape index (κ1) is 16.0. The van der Waals surface area contributed by atoms with Crippen molar-refractivity contribution in [2.45, 2.75) is 39.7 Å². The number of aromatic nitrogens is 2. The van der Waals surface area contributed by atoms with E-state index in [2.05, 4.69) is 47.4 Å². The predicted molar refractivity (Wildman–Crippen MR) is 90.3 cm³/mol. The Hall–Kier alpha value is -1.40. The molecule has 0 fully saturated rings. The summed E-state index contributed by atoms with van der Waals surface area (Å²) < 4.78 is 0. The Kier molecular flexibility index (Phi) is 5.36. The van der Waals surface area contributed by atoms with Gasteiger partial charge in [-0.2, -0.15) is 4.98 Å². The quantitative estimate of drug-likeness (QED) is 0.733. The normalized spacial score (nSPS) is 12.9. The molecule has 21 heavy (non-hydrogen) atoms. The number of rotatable bonds is 7. The van der Waals surface area contributed by atoms with Gasteiger partial charge in [0.15, 0.2) is 0 Å². The lowest BCUT2D eigenvalue weighted by Gasteiger charge is -2.22. The van der Waals surface area contributed by atoms with Crippen molar-refractivity contribution in [3.05, 3.63) is 10.9 Å². The monoisotopic (exact) mass is 308 g/mol. The van der Waals surface area contributed by atoms with Gasteiger partial charge in [-0.1, -0.05) is 20.8 Å². The van der Waals surface area contributed by atoms with Crippen molar-refractivity contribution < 1.29 is 5.11 Å². The van der Waals surface area contributed by atoms with Crippen LogP contribution in [0.2, 0.25) is 0 Å². The third-order valence-electron chi connectivity index (χ3n) is 3.58. The SMILES string of the molecule is CCc1cc2c(NC(CCO)C(C)C)nc(NC)nc2s1. The van der Waals surface area contributed by atoms with Gasteiger partial charge in [-0.15, -0.1) is 11.3 Å². The highest BCUT2D eigenvalue weighted by molar-refractivity contribution is 7.18. The number of anilines is 2. The summed E-state index contributed by atoms with van der Waals surface area (Å²) in [5, 5.41) is 16.8. The first-order valence-electron chi connectivity index (χ1n) is 7.44. The summed E-state index contributed by atoms with van der Waals surface area (Å²) in [5.41, 5.74) is 0. The molecule has 6 heteroatoms. The van der Waals surface area contributed by atoms with E-state index in [1.807, 2.05) is 7.05 Å². The van der Waals surface area contributed by atoms with E-state index in [-0.39, 0.29) is 12.6 Å². The molecule has 1 unspecified atom stereocenters. The van der Waals surface area contributed by atoms with Crippen LogP contribution in [0.3, 0.4) is 0 Å². The van der Waals surface area contributed by atoms with Gasteiger partial charge in [0.2, 0.25) is 5.95 Å². The second-order valence-corrected chi connectivity index (χ2v) is 6.55. The Morgan fingerprint density at radius 3 is 2.67 bits per heavy atom. The van der Waals surface area contributed by atoms with E-state index in [1.165, 1.54) is 4.88 Å². The van der Waals surface area contributed by atoms with Crippen LogP contribution in [0.1, 0.15) is 32.1 Å². The van der Waals surface area contributed by atoms with Gasteiger partial charge >= 0.3 is 0 Å². The number of aliphatic hydroxyl groups is 1. The van der Waals surface area contributed by atoms with Crippen LogP contribution in [-0.4, -0.2) is 34.8 Å².